The summed E-state index contributed by atoms with van der Waals surface area (Å²) in [5.41, 5.74) is 8.23. The molecule has 0 aromatic heterocycles. The van der Waals surface area contributed by atoms with Gasteiger partial charge in [0.15, 0.2) is 5.78 Å². The van der Waals surface area contributed by atoms with Gasteiger partial charge in [-0.15, -0.1) is 0 Å². The third kappa shape index (κ3) is 1.86. The van der Waals surface area contributed by atoms with E-state index in [-0.39, 0.29) is 23.7 Å². The van der Waals surface area contributed by atoms with Crippen LogP contribution in [0.4, 0.5) is 0 Å². The summed E-state index contributed by atoms with van der Waals surface area (Å²) in [6.07, 6.45) is 0. The van der Waals surface area contributed by atoms with Crippen LogP contribution in [0, 0.1) is 6.92 Å². The zero-order valence-corrected chi connectivity index (χ0v) is 11.0. The van der Waals surface area contributed by atoms with Crippen LogP contribution in [0.5, 0.6) is 5.75 Å². The fourth-order valence-electron chi connectivity index (χ4n) is 2.44. The number of hydrogen-bond donors (Lipinski definition) is 1. The Bertz CT molecular complexity index is 734. The molecule has 4 nitrogen and oxygen atoms in total. The lowest BCUT2D eigenvalue weighted by Crippen LogP contribution is -2.15. The van der Waals surface area contributed by atoms with Gasteiger partial charge in [-0.2, -0.15) is 0 Å². The fourth-order valence-corrected chi connectivity index (χ4v) is 2.44. The quantitative estimate of drug-likeness (QED) is 0.861. The van der Waals surface area contributed by atoms with E-state index in [2.05, 4.69) is 0 Å². The topological polar surface area (TPSA) is 69.4 Å². The number of benzene rings is 2. The standard InChI is InChI=1S/C16H13NO3/c1-9-6-12-14(18)11-5-3-2-4-10(11)8-20-15(12)13(7-9)16(17)19/h2-7H,8H2,1H3,(H2,17,19). The Kier molecular flexibility index (Phi) is 2.79. The summed E-state index contributed by atoms with van der Waals surface area (Å²) in [7, 11) is 0. The summed E-state index contributed by atoms with van der Waals surface area (Å²) in [5, 5.41) is 0. The largest absolute Gasteiger partial charge is 0.487 e. The molecule has 0 fully saturated rings. The van der Waals surface area contributed by atoms with Crippen LogP contribution < -0.4 is 10.5 Å². The molecule has 4 heteroatoms. The predicted molar refractivity (Wildman–Crippen MR) is 73.9 cm³/mol. The molecule has 1 heterocycles. The predicted octanol–water partition coefficient (Wildman–Crippen LogP) is 2.22. The first-order chi connectivity index (χ1) is 9.58. The minimum Gasteiger partial charge on any atom is -0.487 e. The number of ketones is 1. The number of amides is 1. The van der Waals surface area contributed by atoms with E-state index in [9.17, 15) is 9.59 Å². The van der Waals surface area contributed by atoms with E-state index < -0.39 is 5.91 Å². The Labute approximate surface area is 116 Å². The Morgan fingerprint density at radius 2 is 1.95 bits per heavy atom. The molecule has 20 heavy (non-hydrogen) atoms. The lowest BCUT2D eigenvalue weighted by molar-refractivity contribution is 0.0996. The van der Waals surface area contributed by atoms with Crippen LogP contribution in [0.3, 0.4) is 0 Å². The van der Waals surface area contributed by atoms with Crippen molar-refractivity contribution in [2.24, 2.45) is 5.73 Å². The van der Waals surface area contributed by atoms with E-state index in [1.807, 2.05) is 25.1 Å². The van der Waals surface area contributed by atoms with Gasteiger partial charge in [0.05, 0.1) is 11.1 Å². The van der Waals surface area contributed by atoms with Gasteiger partial charge < -0.3 is 10.5 Å². The van der Waals surface area contributed by atoms with E-state index in [1.165, 1.54) is 0 Å². The van der Waals surface area contributed by atoms with Crippen molar-refractivity contribution in [2.75, 3.05) is 0 Å². The van der Waals surface area contributed by atoms with Gasteiger partial charge in [0.2, 0.25) is 0 Å². The molecule has 0 saturated heterocycles. The minimum atomic E-state index is -0.594. The first-order valence-corrected chi connectivity index (χ1v) is 6.28. The number of ether oxygens (including phenoxy) is 1. The van der Waals surface area contributed by atoms with Crippen molar-refractivity contribution in [1.29, 1.82) is 0 Å². The van der Waals surface area contributed by atoms with Crippen molar-refractivity contribution in [2.45, 2.75) is 13.5 Å². The number of aryl methyl sites for hydroxylation is 1. The number of hydrogen-bond acceptors (Lipinski definition) is 3. The van der Waals surface area contributed by atoms with E-state index in [1.54, 1.807) is 18.2 Å². The first-order valence-electron chi connectivity index (χ1n) is 6.28. The van der Waals surface area contributed by atoms with Crippen molar-refractivity contribution in [3.05, 3.63) is 64.2 Å². The van der Waals surface area contributed by atoms with Crippen molar-refractivity contribution < 1.29 is 14.3 Å². The maximum Gasteiger partial charge on any atom is 0.252 e. The number of carbonyl (C=O) groups excluding carboxylic acids is 2. The molecule has 1 amide bonds. The highest BCUT2D eigenvalue weighted by Crippen LogP contribution is 2.32. The van der Waals surface area contributed by atoms with Gasteiger partial charge in [0, 0.05) is 11.1 Å². The second-order valence-electron chi connectivity index (χ2n) is 4.83. The van der Waals surface area contributed by atoms with Gasteiger partial charge in [0.1, 0.15) is 12.4 Å². The summed E-state index contributed by atoms with van der Waals surface area (Å²) >= 11 is 0. The molecule has 100 valence electrons. The Hall–Kier alpha value is -2.62. The highest BCUT2D eigenvalue weighted by atomic mass is 16.5. The molecule has 2 aromatic carbocycles. The average Bonchev–Trinajstić information content (AvgIpc) is 2.57. The highest BCUT2D eigenvalue weighted by molar-refractivity contribution is 6.14. The van der Waals surface area contributed by atoms with Crippen molar-refractivity contribution in [3.63, 3.8) is 0 Å². The molecule has 0 unspecified atom stereocenters. The highest BCUT2D eigenvalue weighted by Gasteiger charge is 2.26. The normalized spacial score (nSPS) is 12.9. The zero-order chi connectivity index (χ0) is 14.3. The number of fused-ring (bicyclic) bond motifs is 2. The van der Waals surface area contributed by atoms with Gasteiger partial charge >= 0.3 is 0 Å². The molecule has 2 aromatic rings. The van der Waals surface area contributed by atoms with E-state index >= 15 is 0 Å². The van der Waals surface area contributed by atoms with Crippen molar-refractivity contribution in [1.82, 2.24) is 0 Å². The third-order valence-electron chi connectivity index (χ3n) is 3.38. The summed E-state index contributed by atoms with van der Waals surface area (Å²) in [4.78, 5) is 24.2. The second kappa shape index (κ2) is 4.49. The van der Waals surface area contributed by atoms with Crippen LogP contribution in [0.15, 0.2) is 36.4 Å². The first kappa shape index (κ1) is 12.4. The molecule has 0 bridgehead atoms. The van der Waals surface area contributed by atoms with Crippen LogP contribution in [0.25, 0.3) is 0 Å². The summed E-state index contributed by atoms with van der Waals surface area (Å²) in [6, 6.07) is 10.6. The maximum atomic E-state index is 12.6. The monoisotopic (exact) mass is 267 g/mol. The average molecular weight is 267 g/mol. The third-order valence-corrected chi connectivity index (χ3v) is 3.38. The number of primary amides is 1. The van der Waals surface area contributed by atoms with Gasteiger partial charge in [0.25, 0.3) is 5.91 Å². The molecule has 0 atom stereocenters. The van der Waals surface area contributed by atoms with Crippen LogP contribution in [-0.4, -0.2) is 11.7 Å². The molecule has 0 saturated carbocycles. The molecule has 0 aliphatic carbocycles. The van der Waals surface area contributed by atoms with E-state index in [4.69, 9.17) is 10.5 Å². The van der Waals surface area contributed by atoms with Crippen LogP contribution in [0.1, 0.15) is 37.4 Å². The molecule has 0 spiro atoms. The van der Waals surface area contributed by atoms with Crippen molar-refractivity contribution >= 4 is 11.7 Å². The second-order valence-corrected chi connectivity index (χ2v) is 4.83. The summed E-state index contributed by atoms with van der Waals surface area (Å²) < 4.78 is 5.67. The maximum absolute atomic E-state index is 12.6. The molecule has 1 aliphatic rings. The molecular formula is C16H13NO3. The molecule has 2 N–H and O–H groups in total. The molecule has 3 rings (SSSR count). The fraction of sp³-hybridized carbons (Fsp3) is 0.125. The number of carbonyl (C=O) groups is 2. The smallest absolute Gasteiger partial charge is 0.252 e. The SMILES string of the molecule is Cc1cc(C(N)=O)c2c(c1)C(=O)c1ccccc1CO2. The molecular weight excluding hydrogens is 254 g/mol. The Balaban J connectivity index is 2.27. The van der Waals surface area contributed by atoms with Gasteiger partial charge in [-0.1, -0.05) is 24.3 Å². The lowest BCUT2D eigenvalue weighted by atomic mass is 9.96. The number of rotatable bonds is 1. The van der Waals surface area contributed by atoms with Gasteiger partial charge in [-0.05, 0) is 24.6 Å². The summed E-state index contributed by atoms with van der Waals surface area (Å²) in [6.45, 7) is 2.06. The molecule has 0 radical (unpaired) electrons. The van der Waals surface area contributed by atoms with Crippen molar-refractivity contribution in [3.8, 4) is 5.75 Å². The summed E-state index contributed by atoms with van der Waals surface area (Å²) in [5.74, 6) is -0.452. The zero-order valence-electron chi connectivity index (χ0n) is 11.0. The lowest BCUT2D eigenvalue weighted by Gasteiger charge is -2.11. The van der Waals surface area contributed by atoms with Crippen LogP contribution in [-0.2, 0) is 6.61 Å². The minimum absolute atomic E-state index is 0.140. The Morgan fingerprint density at radius 3 is 2.70 bits per heavy atom. The van der Waals surface area contributed by atoms with Crippen LogP contribution >= 0.6 is 0 Å². The number of nitrogens with two attached hydrogens (primary N) is 1. The van der Waals surface area contributed by atoms with Gasteiger partial charge in [-0.25, -0.2) is 0 Å². The van der Waals surface area contributed by atoms with E-state index in [0.29, 0.717) is 11.1 Å². The Morgan fingerprint density at radius 1 is 1.20 bits per heavy atom. The van der Waals surface area contributed by atoms with Gasteiger partial charge in [-0.3, -0.25) is 9.59 Å². The molecule has 1 aliphatic heterocycles. The van der Waals surface area contributed by atoms with Crippen LogP contribution in [0.2, 0.25) is 0 Å². The van der Waals surface area contributed by atoms with E-state index in [0.717, 1.165) is 11.1 Å².